The average Bonchev–Trinajstić information content (AvgIpc) is 2.24. The average molecular weight is 282 g/mol. The van der Waals surface area contributed by atoms with Gasteiger partial charge in [-0.15, -0.1) is 0 Å². The summed E-state index contributed by atoms with van der Waals surface area (Å²) >= 11 is 3.51. The molecule has 0 aliphatic rings. The van der Waals surface area contributed by atoms with Gasteiger partial charge in [0.25, 0.3) is 0 Å². The standard InChI is InChI=1S/C14H20BrN/c1-4-7-16-10-11(2)8-13-5-6-14(15)12(3)9-13/h5-6,8-9,16H,4,7,10H2,1-3H3. The molecule has 2 heteroatoms. The van der Waals surface area contributed by atoms with Crippen LogP contribution in [-0.4, -0.2) is 13.1 Å². The highest BCUT2D eigenvalue weighted by Gasteiger charge is 1.96. The molecule has 0 fully saturated rings. The molecule has 0 unspecified atom stereocenters. The third-order valence-corrected chi connectivity index (χ3v) is 3.32. The molecule has 1 rings (SSSR count). The maximum absolute atomic E-state index is 3.51. The van der Waals surface area contributed by atoms with Crippen LogP contribution in [0, 0.1) is 6.92 Å². The van der Waals surface area contributed by atoms with Crippen molar-refractivity contribution in [2.24, 2.45) is 0 Å². The summed E-state index contributed by atoms with van der Waals surface area (Å²) < 4.78 is 1.17. The minimum absolute atomic E-state index is 0.975. The number of hydrogen-bond acceptors (Lipinski definition) is 1. The van der Waals surface area contributed by atoms with Crippen molar-refractivity contribution in [1.82, 2.24) is 5.32 Å². The van der Waals surface area contributed by atoms with Crippen LogP contribution < -0.4 is 5.32 Å². The summed E-state index contributed by atoms with van der Waals surface area (Å²) in [6, 6.07) is 6.45. The molecule has 0 saturated heterocycles. The Kier molecular flexibility index (Phi) is 5.78. The van der Waals surface area contributed by atoms with Gasteiger partial charge in [0.1, 0.15) is 0 Å². The molecule has 0 heterocycles. The van der Waals surface area contributed by atoms with Gasteiger partial charge in [0.15, 0.2) is 0 Å². The van der Waals surface area contributed by atoms with Crippen molar-refractivity contribution in [3.63, 3.8) is 0 Å². The van der Waals surface area contributed by atoms with Crippen molar-refractivity contribution in [1.29, 1.82) is 0 Å². The maximum atomic E-state index is 3.51. The second-order valence-electron chi connectivity index (χ2n) is 4.18. The molecule has 88 valence electrons. The Morgan fingerprint density at radius 2 is 2.19 bits per heavy atom. The number of rotatable bonds is 5. The Hall–Kier alpha value is -0.600. The Bertz CT molecular complexity index is 369. The molecule has 0 radical (unpaired) electrons. The SMILES string of the molecule is CCCNCC(C)=Cc1ccc(Br)c(C)c1. The van der Waals surface area contributed by atoms with Crippen molar-refractivity contribution in [2.45, 2.75) is 27.2 Å². The van der Waals surface area contributed by atoms with Gasteiger partial charge in [-0.1, -0.05) is 46.6 Å². The lowest BCUT2D eigenvalue weighted by Gasteiger charge is -2.04. The molecule has 0 bridgehead atoms. The monoisotopic (exact) mass is 281 g/mol. The van der Waals surface area contributed by atoms with Crippen molar-refractivity contribution >= 4 is 22.0 Å². The Balaban J connectivity index is 2.63. The van der Waals surface area contributed by atoms with Gasteiger partial charge in [-0.25, -0.2) is 0 Å². The zero-order chi connectivity index (χ0) is 12.0. The Morgan fingerprint density at radius 3 is 2.81 bits per heavy atom. The highest BCUT2D eigenvalue weighted by Crippen LogP contribution is 2.18. The van der Waals surface area contributed by atoms with E-state index < -0.39 is 0 Å². The Labute approximate surface area is 107 Å². The fourth-order valence-electron chi connectivity index (χ4n) is 1.56. The second kappa shape index (κ2) is 6.87. The van der Waals surface area contributed by atoms with Gasteiger partial charge < -0.3 is 5.32 Å². The first kappa shape index (κ1) is 13.5. The van der Waals surface area contributed by atoms with Crippen LogP contribution in [0.25, 0.3) is 6.08 Å². The lowest BCUT2D eigenvalue weighted by Crippen LogP contribution is -2.16. The van der Waals surface area contributed by atoms with E-state index in [2.05, 4.69) is 66.3 Å². The van der Waals surface area contributed by atoms with Crippen LogP contribution in [-0.2, 0) is 0 Å². The van der Waals surface area contributed by atoms with E-state index in [9.17, 15) is 0 Å². The molecule has 0 atom stereocenters. The zero-order valence-electron chi connectivity index (χ0n) is 10.3. The highest BCUT2D eigenvalue weighted by molar-refractivity contribution is 9.10. The van der Waals surface area contributed by atoms with Crippen LogP contribution in [0.15, 0.2) is 28.2 Å². The molecule has 1 aromatic carbocycles. The Morgan fingerprint density at radius 1 is 1.44 bits per heavy atom. The van der Waals surface area contributed by atoms with Gasteiger partial charge in [-0.2, -0.15) is 0 Å². The van der Waals surface area contributed by atoms with Gasteiger partial charge in [0.05, 0.1) is 0 Å². The van der Waals surface area contributed by atoms with Crippen LogP contribution in [0.1, 0.15) is 31.4 Å². The van der Waals surface area contributed by atoms with Gasteiger partial charge in [0, 0.05) is 11.0 Å². The first-order valence-corrected chi connectivity index (χ1v) is 6.57. The molecule has 1 nitrogen and oxygen atoms in total. The predicted molar refractivity (Wildman–Crippen MR) is 75.7 cm³/mol. The summed E-state index contributed by atoms with van der Waals surface area (Å²) in [4.78, 5) is 0. The second-order valence-corrected chi connectivity index (χ2v) is 5.03. The number of benzene rings is 1. The summed E-state index contributed by atoms with van der Waals surface area (Å²) in [7, 11) is 0. The number of hydrogen-bond donors (Lipinski definition) is 1. The van der Waals surface area contributed by atoms with Crippen LogP contribution >= 0.6 is 15.9 Å². The first-order valence-electron chi connectivity index (χ1n) is 5.77. The molecule has 0 aliphatic heterocycles. The summed E-state index contributed by atoms with van der Waals surface area (Å²) in [6.45, 7) is 8.53. The van der Waals surface area contributed by atoms with E-state index in [4.69, 9.17) is 0 Å². The molecule has 0 amide bonds. The molecule has 0 aromatic heterocycles. The topological polar surface area (TPSA) is 12.0 Å². The lowest BCUT2D eigenvalue weighted by molar-refractivity contribution is 0.715. The van der Waals surface area contributed by atoms with E-state index in [1.807, 2.05) is 0 Å². The minimum Gasteiger partial charge on any atom is -0.313 e. The predicted octanol–water partition coefficient (Wildman–Crippen LogP) is 4.16. The fraction of sp³-hybridized carbons (Fsp3) is 0.429. The quantitative estimate of drug-likeness (QED) is 0.800. The van der Waals surface area contributed by atoms with Crippen LogP contribution in [0.5, 0.6) is 0 Å². The number of aryl methyl sites for hydroxylation is 1. The van der Waals surface area contributed by atoms with Gasteiger partial charge in [0.2, 0.25) is 0 Å². The third kappa shape index (κ3) is 4.50. The molecule has 16 heavy (non-hydrogen) atoms. The van der Waals surface area contributed by atoms with E-state index in [0.717, 1.165) is 13.1 Å². The van der Waals surface area contributed by atoms with Gasteiger partial charge >= 0.3 is 0 Å². The van der Waals surface area contributed by atoms with E-state index >= 15 is 0 Å². The fourth-order valence-corrected chi connectivity index (χ4v) is 1.80. The van der Waals surface area contributed by atoms with Crippen LogP contribution in [0.2, 0.25) is 0 Å². The molecule has 0 saturated carbocycles. The van der Waals surface area contributed by atoms with Crippen LogP contribution in [0.4, 0.5) is 0 Å². The zero-order valence-corrected chi connectivity index (χ0v) is 11.9. The molecule has 0 aliphatic carbocycles. The number of nitrogens with one attached hydrogen (secondary N) is 1. The van der Waals surface area contributed by atoms with Crippen molar-refractivity contribution < 1.29 is 0 Å². The summed E-state index contributed by atoms with van der Waals surface area (Å²) in [5.41, 5.74) is 3.93. The summed E-state index contributed by atoms with van der Waals surface area (Å²) in [6.07, 6.45) is 3.42. The molecular weight excluding hydrogens is 262 g/mol. The highest BCUT2D eigenvalue weighted by atomic mass is 79.9. The largest absolute Gasteiger partial charge is 0.313 e. The molecular formula is C14H20BrN. The normalized spacial score (nSPS) is 11.9. The van der Waals surface area contributed by atoms with E-state index in [-0.39, 0.29) is 0 Å². The van der Waals surface area contributed by atoms with Crippen molar-refractivity contribution in [2.75, 3.05) is 13.1 Å². The van der Waals surface area contributed by atoms with Gasteiger partial charge in [-0.3, -0.25) is 0 Å². The summed E-state index contributed by atoms with van der Waals surface area (Å²) in [5.74, 6) is 0. The molecule has 1 aromatic rings. The van der Waals surface area contributed by atoms with Crippen LogP contribution in [0.3, 0.4) is 0 Å². The smallest absolute Gasteiger partial charge is 0.0204 e. The molecule has 1 N–H and O–H groups in total. The third-order valence-electron chi connectivity index (χ3n) is 2.43. The minimum atomic E-state index is 0.975. The van der Waals surface area contributed by atoms with Crippen molar-refractivity contribution in [3.8, 4) is 0 Å². The number of halogens is 1. The first-order chi connectivity index (χ1) is 7.63. The van der Waals surface area contributed by atoms with E-state index in [1.165, 1.54) is 27.6 Å². The molecule has 0 spiro atoms. The van der Waals surface area contributed by atoms with E-state index in [1.54, 1.807) is 0 Å². The van der Waals surface area contributed by atoms with Gasteiger partial charge in [-0.05, 0) is 44.0 Å². The van der Waals surface area contributed by atoms with E-state index in [0.29, 0.717) is 0 Å². The maximum Gasteiger partial charge on any atom is 0.0204 e. The van der Waals surface area contributed by atoms with Crippen molar-refractivity contribution in [3.05, 3.63) is 39.4 Å². The summed E-state index contributed by atoms with van der Waals surface area (Å²) in [5, 5.41) is 3.40. The lowest BCUT2D eigenvalue weighted by atomic mass is 10.1.